The van der Waals surface area contributed by atoms with Gasteiger partial charge in [0.2, 0.25) is 5.88 Å². The molecule has 2 aromatic rings. The van der Waals surface area contributed by atoms with Gasteiger partial charge in [-0.1, -0.05) is 11.3 Å². The predicted octanol–water partition coefficient (Wildman–Crippen LogP) is 0.926. The topological polar surface area (TPSA) is 102 Å². The van der Waals surface area contributed by atoms with E-state index >= 15 is 0 Å². The number of pyridine rings is 1. The quantitative estimate of drug-likeness (QED) is 0.782. The van der Waals surface area contributed by atoms with E-state index < -0.39 is 12.1 Å². The fourth-order valence-corrected chi connectivity index (χ4v) is 2.55. The average molecular weight is 344 g/mol. The molecular weight excluding hydrogens is 324 g/mol. The molecule has 0 aliphatic carbocycles. The number of methoxy groups -OCH3 is 1. The number of imide groups is 1. The molecule has 1 N–H and O–H groups in total. The van der Waals surface area contributed by atoms with Gasteiger partial charge in [0.25, 0.3) is 5.91 Å². The number of amides is 3. The zero-order valence-corrected chi connectivity index (χ0v) is 14.3. The second kappa shape index (κ2) is 6.88. The Labute approximate surface area is 145 Å². The third-order valence-electron chi connectivity index (χ3n) is 3.92. The van der Waals surface area contributed by atoms with E-state index in [9.17, 15) is 9.59 Å². The number of urea groups is 1. The Kier molecular flexibility index (Phi) is 4.64. The number of carbonyl (C=O) groups is 2. The van der Waals surface area contributed by atoms with Crippen LogP contribution in [0.2, 0.25) is 0 Å². The van der Waals surface area contributed by atoms with E-state index in [4.69, 9.17) is 4.74 Å². The third kappa shape index (κ3) is 3.59. The lowest BCUT2D eigenvalue weighted by Crippen LogP contribution is -2.32. The van der Waals surface area contributed by atoms with Gasteiger partial charge in [0.05, 0.1) is 25.0 Å². The van der Waals surface area contributed by atoms with Crippen molar-refractivity contribution in [2.75, 3.05) is 7.11 Å². The number of hydrogen-bond acceptors (Lipinski definition) is 6. The van der Waals surface area contributed by atoms with E-state index in [1.807, 2.05) is 13.8 Å². The highest BCUT2D eigenvalue weighted by Gasteiger charge is 2.38. The summed E-state index contributed by atoms with van der Waals surface area (Å²) >= 11 is 0. The SMILES string of the molecule is COc1cccc(CN2C(=O)NC(Cc3cn(C(C)C)nn3)C2=O)n1. The molecule has 3 amide bonds. The van der Waals surface area contributed by atoms with Crippen molar-refractivity contribution in [1.82, 2.24) is 30.2 Å². The summed E-state index contributed by atoms with van der Waals surface area (Å²) in [4.78, 5) is 30.1. The Morgan fingerprint density at radius 2 is 2.08 bits per heavy atom. The Bertz CT molecular complexity index is 788. The molecule has 1 atom stereocenters. The molecule has 0 spiro atoms. The number of nitrogens with zero attached hydrogens (tertiary/aromatic N) is 5. The molecule has 1 aliphatic heterocycles. The lowest BCUT2D eigenvalue weighted by molar-refractivity contribution is -0.127. The van der Waals surface area contributed by atoms with Crippen molar-refractivity contribution >= 4 is 11.9 Å². The summed E-state index contributed by atoms with van der Waals surface area (Å²) in [6.07, 6.45) is 2.09. The van der Waals surface area contributed by atoms with Gasteiger partial charge in [-0.25, -0.2) is 14.5 Å². The van der Waals surface area contributed by atoms with Crippen LogP contribution in [-0.4, -0.2) is 50.0 Å². The standard InChI is InChI=1S/C16H20N6O3/c1-10(2)22-9-12(19-20-22)7-13-15(23)21(16(24)18-13)8-11-5-4-6-14(17-11)25-3/h4-6,9-10,13H,7-8H2,1-3H3,(H,18,24). The van der Waals surface area contributed by atoms with Crippen molar-refractivity contribution in [3.63, 3.8) is 0 Å². The molecule has 0 bridgehead atoms. The molecule has 2 aromatic heterocycles. The molecule has 3 rings (SSSR count). The predicted molar refractivity (Wildman–Crippen MR) is 87.8 cm³/mol. The Hall–Kier alpha value is -2.97. The van der Waals surface area contributed by atoms with E-state index in [0.29, 0.717) is 23.7 Å². The number of rotatable bonds is 6. The van der Waals surface area contributed by atoms with Crippen LogP contribution in [0.4, 0.5) is 4.79 Å². The second-order valence-corrected chi connectivity index (χ2v) is 6.09. The summed E-state index contributed by atoms with van der Waals surface area (Å²) < 4.78 is 6.78. The van der Waals surface area contributed by atoms with Crippen LogP contribution in [0.5, 0.6) is 5.88 Å². The fraction of sp³-hybridized carbons (Fsp3) is 0.438. The first kappa shape index (κ1) is 16.9. The molecule has 1 saturated heterocycles. The highest BCUT2D eigenvalue weighted by atomic mass is 16.5. The molecule has 1 unspecified atom stereocenters. The van der Waals surface area contributed by atoms with Gasteiger partial charge in [0, 0.05) is 24.7 Å². The van der Waals surface area contributed by atoms with Crippen LogP contribution in [-0.2, 0) is 17.8 Å². The van der Waals surface area contributed by atoms with Crippen LogP contribution in [0.15, 0.2) is 24.4 Å². The van der Waals surface area contributed by atoms with Gasteiger partial charge >= 0.3 is 6.03 Å². The van der Waals surface area contributed by atoms with Crippen LogP contribution in [0.3, 0.4) is 0 Å². The largest absolute Gasteiger partial charge is 0.481 e. The molecule has 3 heterocycles. The monoisotopic (exact) mass is 344 g/mol. The number of hydrogen-bond donors (Lipinski definition) is 1. The number of aromatic nitrogens is 4. The first-order valence-electron chi connectivity index (χ1n) is 8.00. The second-order valence-electron chi connectivity index (χ2n) is 6.09. The van der Waals surface area contributed by atoms with Crippen molar-refractivity contribution < 1.29 is 14.3 Å². The van der Waals surface area contributed by atoms with Crippen LogP contribution in [0.1, 0.15) is 31.3 Å². The van der Waals surface area contributed by atoms with Gasteiger partial charge in [-0.3, -0.25) is 9.69 Å². The summed E-state index contributed by atoms with van der Waals surface area (Å²) in [5.74, 6) is 0.139. The highest BCUT2D eigenvalue weighted by Crippen LogP contribution is 2.16. The Balaban J connectivity index is 1.68. The van der Waals surface area contributed by atoms with Crippen LogP contribution >= 0.6 is 0 Å². The highest BCUT2D eigenvalue weighted by molar-refractivity contribution is 6.04. The lowest BCUT2D eigenvalue weighted by Gasteiger charge is -2.12. The smallest absolute Gasteiger partial charge is 0.325 e. The van der Waals surface area contributed by atoms with Gasteiger partial charge in [0.15, 0.2) is 0 Å². The van der Waals surface area contributed by atoms with Crippen molar-refractivity contribution in [2.45, 2.75) is 38.9 Å². The summed E-state index contributed by atoms with van der Waals surface area (Å²) in [5, 5.41) is 10.8. The maximum atomic E-state index is 12.5. The molecule has 9 nitrogen and oxygen atoms in total. The fourth-order valence-electron chi connectivity index (χ4n) is 2.55. The van der Waals surface area contributed by atoms with Gasteiger partial charge in [-0.05, 0) is 19.9 Å². The van der Waals surface area contributed by atoms with Crippen molar-refractivity contribution in [3.05, 3.63) is 35.8 Å². The third-order valence-corrected chi connectivity index (χ3v) is 3.92. The molecule has 1 fully saturated rings. The summed E-state index contributed by atoms with van der Waals surface area (Å²) in [7, 11) is 1.51. The Morgan fingerprint density at radius 1 is 1.28 bits per heavy atom. The maximum absolute atomic E-state index is 12.5. The maximum Gasteiger partial charge on any atom is 0.325 e. The van der Waals surface area contributed by atoms with E-state index in [-0.39, 0.29) is 18.5 Å². The van der Waals surface area contributed by atoms with Gasteiger partial charge in [0.1, 0.15) is 6.04 Å². The van der Waals surface area contributed by atoms with Crippen LogP contribution in [0.25, 0.3) is 0 Å². The summed E-state index contributed by atoms with van der Waals surface area (Å²) in [6.45, 7) is 4.07. The van der Waals surface area contributed by atoms with Crippen molar-refractivity contribution in [2.24, 2.45) is 0 Å². The summed E-state index contributed by atoms with van der Waals surface area (Å²) in [5.41, 5.74) is 1.24. The van der Waals surface area contributed by atoms with Gasteiger partial charge in [-0.15, -0.1) is 5.10 Å². The number of nitrogens with one attached hydrogen (secondary N) is 1. The number of carbonyl (C=O) groups excluding carboxylic acids is 2. The van der Waals surface area contributed by atoms with Crippen LogP contribution < -0.4 is 10.1 Å². The van der Waals surface area contributed by atoms with E-state index in [2.05, 4.69) is 20.6 Å². The van der Waals surface area contributed by atoms with E-state index in [1.54, 1.807) is 29.1 Å². The van der Waals surface area contributed by atoms with Crippen molar-refractivity contribution in [1.29, 1.82) is 0 Å². The first-order valence-corrected chi connectivity index (χ1v) is 8.00. The first-order chi connectivity index (χ1) is 12.0. The average Bonchev–Trinajstić information content (AvgIpc) is 3.16. The molecule has 132 valence electrons. The molecule has 0 aromatic carbocycles. The minimum Gasteiger partial charge on any atom is -0.481 e. The van der Waals surface area contributed by atoms with Gasteiger partial charge in [-0.2, -0.15) is 0 Å². The molecule has 0 saturated carbocycles. The zero-order chi connectivity index (χ0) is 18.0. The number of ether oxygens (including phenoxy) is 1. The van der Waals surface area contributed by atoms with Gasteiger partial charge < -0.3 is 10.1 Å². The lowest BCUT2D eigenvalue weighted by atomic mass is 10.1. The molecule has 9 heteroatoms. The molecule has 25 heavy (non-hydrogen) atoms. The summed E-state index contributed by atoms with van der Waals surface area (Å²) in [6, 6.07) is 4.32. The zero-order valence-electron chi connectivity index (χ0n) is 14.3. The van der Waals surface area contributed by atoms with Crippen molar-refractivity contribution in [3.8, 4) is 5.88 Å². The normalized spacial score (nSPS) is 17.3. The van der Waals surface area contributed by atoms with E-state index in [1.165, 1.54) is 7.11 Å². The molecule has 1 aliphatic rings. The van der Waals surface area contributed by atoms with Crippen LogP contribution in [0, 0.1) is 0 Å². The molecular formula is C16H20N6O3. The van der Waals surface area contributed by atoms with E-state index in [0.717, 1.165) is 4.90 Å². The molecule has 0 radical (unpaired) electrons. The minimum atomic E-state index is -0.643. The minimum absolute atomic E-state index is 0.0943. The Morgan fingerprint density at radius 3 is 2.76 bits per heavy atom.